The number of anilines is 2. The maximum Gasteiger partial charge on any atom is 0.253 e. The van der Waals surface area contributed by atoms with Crippen LogP contribution >= 0.6 is 0 Å². The molecular weight excluding hydrogens is 448 g/mol. The molecule has 3 amide bonds. The highest BCUT2D eigenvalue weighted by Gasteiger charge is 2.40. The first kappa shape index (κ1) is 24.4. The molecule has 9 heteroatoms. The predicted molar refractivity (Wildman–Crippen MR) is 133 cm³/mol. The smallest absolute Gasteiger partial charge is 0.253 e. The van der Waals surface area contributed by atoms with Crippen molar-refractivity contribution in [1.82, 2.24) is 10.2 Å². The predicted octanol–water partition coefficient (Wildman–Crippen LogP) is 2.43. The number of fused-ring (bicyclic) bond motifs is 3. The van der Waals surface area contributed by atoms with Crippen LogP contribution in [0.1, 0.15) is 35.2 Å². The quantitative estimate of drug-likeness (QED) is 0.655. The van der Waals surface area contributed by atoms with Gasteiger partial charge in [0, 0.05) is 38.3 Å². The molecule has 35 heavy (non-hydrogen) atoms. The highest BCUT2D eigenvalue weighted by Crippen LogP contribution is 2.40. The zero-order valence-electron chi connectivity index (χ0n) is 20.7. The Kier molecular flexibility index (Phi) is 7.14. The molecule has 1 saturated heterocycles. The largest absolute Gasteiger partial charge is 0.497 e. The minimum atomic E-state index is -0.303. The highest BCUT2D eigenvalue weighted by molar-refractivity contribution is 6.09. The van der Waals surface area contributed by atoms with E-state index in [0.717, 1.165) is 37.1 Å². The van der Waals surface area contributed by atoms with Crippen molar-refractivity contribution in [2.75, 3.05) is 51.2 Å². The van der Waals surface area contributed by atoms with Gasteiger partial charge in [-0.2, -0.15) is 0 Å². The minimum absolute atomic E-state index is 0.110. The molecular formula is C26H32N4O5. The SMILES string of the molecule is COc1ccc(OC)c(CNC(=O)CN2C(=O)C3CCCCN3c3ccc(C(=O)N(C)C)cc32)c1. The molecule has 2 aliphatic heterocycles. The van der Waals surface area contributed by atoms with Crippen LogP contribution in [-0.2, 0) is 16.1 Å². The van der Waals surface area contributed by atoms with Crippen molar-refractivity contribution in [3.63, 3.8) is 0 Å². The molecule has 1 fully saturated rings. The van der Waals surface area contributed by atoms with Crippen molar-refractivity contribution in [1.29, 1.82) is 0 Å². The Morgan fingerprint density at radius 2 is 1.86 bits per heavy atom. The Morgan fingerprint density at radius 3 is 2.57 bits per heavy atom. The molecule has 0 saturated carbocycles. The fourth-order valence-electron chi connectivity index (χ4n) is 4.73. The van der Waals surface area contributed by atoms with E-state index >= 15 is 0 Å². The third-order valence-corrected chi connectivity index (χ3v) is 6.55. The third-order valence-electron chi connectivity index (χ3n) is 6.55. The monoisotopic (exact) mass is 480 g/mol. The molecule has 1 atom stereocenters. The van der Waals surface area contributed by atoms with E-state index in [1.54, 1.807) is 58.6 Å². The fraction of sp³-hybridized carbons (Fsp3) is 0.423. The van der Waals surface area contributed by atoms with Gasteiger partial charge in [0.2, 0.25) is 11.8 Å². The number of hydrogen-bond donors (Lipinski definition) is 1. The van der Waals surface area contributed by atoms with Crippen LogP contribution < -0.4 is 24.6 Å². The number of rotatable bonds is 7. The van der Waals surface area contributed by atoms with Crippen molar-refractivity contribution in [3.05, 3.63) is 47.5 Å². The van der Waals surface area contributed by atoms with Gasteiger partial charge in [-0.3, -0.25) is 19.3 Å². The number of hydrogen-bond acceptors (Lipinski definition) is 6. The zero-order chi connectivity index (χ0) is 25.1. The number of carbonyl (C=O) groups is 3. The van der Waals surface area contributed by atoms with Crippen molar-refractivity contribution in [2.45, 2.75) is 31.8 Å². The van der Waals surface area contributed by atoms with E-state index in [4.69, 9.17) is 9.47 Å². The second-order valence-corrected chi connectivity index (χ2v) is 8.99. The minimum Gasteiger partial charge on any atom is -0.497 e. The average Bonchev–Trinajstić information content (AvgIpc) is 2.88. The maximum atomic E-state index is 13.5. The second kappa shape index (κ2) is 10.2. The van der Waals surface area contributed by atoms with Gasteiger partial charge in [0.25, 0.3) is 5.91 Å². The van der Waals surface area contributed by atoms with Gasteiger partial charge in [-0.25, -0.2) is 0 Å². The van der Waals surface area contributed by atoms with Crippen LogP contribution in [0, 0.1) is 0 Å². The van der Waals surface area contributed by atoms with Crippen LogP contribution in [0.5, 0.6) is 11.5 Å². The highest BCUT2D eigenvalue weighted by atomic mass is 16.5. The molecule has 0 spiro atoms. The van der Waals surface area contributed by atoms with Crippen molar-refractivity contribution in [3.8, 4) is 11.5 Å². The summed E-state index contributed by atoms with van der Waals surface area (Å²) in [7, 11) is 6.52. The van der Waals surface area contributed by atoms with E-state index in [1.165, 1.54) is 9.80 Å². The molecule has 0 aromatic heterocycles. The molecule has 0 aliphatic carbocycles. The lowest BCUT2D eigenvalue weighted by molar-refractivity contribution is -0.125. The number of methoxy groups -OCH3 is 2. The van der Waals surface area contributed by atoms with Crippen molar-refractivity contribution >= 4 is 29.1 Å². The summed E-state index contributed by atoms with van der Waals surface area (Å²) in [6, 6.07) is 10.5. The number of amides is 3. The van der Waals surface area contributed by atoms with Crippen LogP contribution in [0.3, 0.4) is 0 Å². The van der Waals surface area contributed by atoms with E-state index in [1.807, 2.05) is 6.07 Å². The molecule has 9 nitrogen and oxygen atoms in total. The third kappa shape index (κ3) is 4.89. The van der Waals surface area contributed by atoms with Crippen LogP contribution in [0.4, 0.5) is 11.4 Å². The molecule has 1 unspecified atom stereocenters. The summed E-state index contributed by atoms with van der Waals surface area (Å²) >= 11 is 0. The van der Waals surface area contributed by atoms with Gasteiger partial charge in [0.1, 0.15) is 24.1 Å². The summed E-state index contributed by atoms with van der Waals surface area (Å²) < 4.78 is 10.7. The first-order valence-corrected chi connectivity index (χ1v) is 11.8. The number of nitrogens with zero attached hydrogens (tertiary/aromatic N) is 3. The molecule has 0 bridgehead atoms. The van der Waals surface area contributed by atoms with Gasteiger partial charge < -0.3 is 24.6 Å². The number of piperidine rings is 1. The average molecular weight is 481 g/mol. The Hall–Kier alpha value is -3.75. The van der Waals surface area contributed by atoms with Gasteiger partial charge in [-0.05, 0) is 55.7 Å². The van der Waals surface area contributed by atoms with Crippen LogP contribution in [0.25, 0.3) is 0 Å². The molecule has 2 aromatic rings. The van der Waals surface area contributed by atoms with Crippen LogP contribution in [0.2, 0.25) is 0 Å². The van der Waals surface area contributed by atoms with E-state index in [0.29, 0.717) is 22.7 Å². The lowest BCUT2D eigenvalue weighted by Crippen LogP contribution is -2.57. The van der Waals surface area contributed by atoms with E-state index in [-0.39, 0.29) is 36.9 Å². The Bertz CT molecular complexity index is 1130. The van der Waals surface area contributed by atoms with Gasteiger partial charge >= 0.3 is 0 Å². The lowest BCUT2D eigenvalue weighted by Gasteiger charge is -2.45. The first-order chi connectivity index (χ1) is 16.8. The van der Waals surface area contributed by atoms with Crippen LogP contribution in [0.15, 0.2) is 36.4 Å². The summed E-state index contributed by atoms with van der Waals surface area (Å²) in [6.07, 6.45) is 2.72. The van der Waals surface area contributed by atoms with E-state index in [2.05, 4.69) is 10.2 Å². The first-order valence-electron chi connectivity index (χ1n) is 11.8. The number of benzene rings is 2. The Balaban J connectivity index is 1.59. The van der Waals surface area contributed by atoms with Gasteiger partial charge in [-0.15, -0.1) is 0 Å². The van der Waals surface area contributed by atoms with E-state index < -0.39 is 0 Å². The Morgan fingerprint density at radius 1 is 1.06 bits per heavy atom. The molecule has 2 heterocycles. The summed E-state index contributed by atoms with van der Waals surface area (Å²) in [5.41, 5.74) is 2.72. The van der Waals surface area contributed by atoms with Crippen molar-refractivity contribution < 1.29 is 23.9 Å². The molecule has 4 rings (SSSR count). The number of carbonyl (C=O) groups excluding carboxylic acids is 3. The molecule has 2 aliphatic rings. The second-order valence-electron chi connectivity index (χ2n) is 8.99. The maximum absolute atomic E-state index is 13.5. The topological polar surface area (TPSA) is 91.4 Å². The Labute approximate surface area is 205 Å². The number of nitrogens with one attached hydrogen (secondary N) is 1. The zero-order valence-corrected chi connectivity index (χ0v) is 20.7. The number of ether oxygens (including phenoxy) is 2. The molecule has 1 N–H and O–H groups in total. The lowest BCUT2D eigenvalue weighted by atomic mass is 9.95. The standard InChI is InChI=1S/C26H32N4O5/c1-28(2)25(32)17-8-10-20-22(14-17)30(26(33)21-7-5-6-12-29(20)21)16-24(31)27-15-18-13-19(34-3)9-11-23(18)35-4/h8-11,13-14,21H,5-7,12,15-16H2,1-4H3,(H,27,31). The molecule has 2 aromatic carbocycles. The summed E-state index contributed by atoms with van der Waals surface area (Å²) in [4.78, 5) is 44.2. The van der Waals surface area contributed by atoms with Gasteiger partial charge in [0.05, 0.1) is 25.6 Å². The summed E-state index contributed by atoms with van der Waals surface area (Å²) in [5.74, 6) is 0.722. The van der Waals surface area contributed by atoms with E-state index in [9.17, 15) is 14.4 Å². The van der Waals surface area contributed by atoms with Crippen molar-refractivity contribution in [2.24, 2.45) is 0 Å². The normalized spacial score (nSPS) is 16.8. The van der Waals surface area contributed by atoms with Gasteiger partial charge in [0.15, 0.2) is 0 Å². The summed E-state index contributed by atoms with van der Waals surface area (Å²) in [5, 5.41) is 2.89. The molecule has 186 valence electrons. The summed E-state index contributed by atoms with van der Waals surface area (Å²) in [6.45, 7) is 0.866. The molecule has 0 radical (unpaired) electrons. The fourth-order valence-corrected chi connectivity index (χ4v) is 4.73. The van der Waals surface area contributed by atoms with Crippen LogP contribution in [-0.4, -0.2) is 70.1 Å². The van der Waals surface area contributed by atoms with Gasteiger partial charge in [-0.1, -0.05) is 0 Å².